The topological polar surface area (TPSA) is 68.0 Å². The summed E-state index contributed by atoms with van der Waals surface area (Å²) in [4.78, 5) is 15.4. The van der Waals surface area contributed by atoms with Gasteiger partial charge in [-0.2, -0.15) is 0 Å². The van der Waals surface area contributed by atoms with Crippen LogP contribution in [-0.2, 0) is 4.79 Å². The van der Waals surface area contributed by atoms with Crippen LogP contribution in [-0.4, -0.2) is 17.4 Å². The zero-order valence-corrected chi connectivity index (χ0v) is 10.4. The van der Waals surface area contributed by atoms with Crippen LogP contribution in [0.15, 0.2) is 22.9 Å². The summed E-state index contributed by atoms with van der Waals surface area (Å²) in [5.74, 6) is 0.350. The summed E-state index contributed by atoms with van der Waals surface area (Å²) in [5, 5.41) is 3.19. The van der Waals surface area contributed by atoms with Gasteiger partial charge in [0.1, 0.15) is 6.04 Å². The van der Waals surface area contributed by atoms with Crippen molar-refractivity contribution in [3.05, 3.63) is 28.5 Å². The maximum atomic E-state index is 11.4. The molecule has 0 bridgehead atoms. The van der Waals surface area contributed by atoms with Gasteiger partial charge in [-0.3, -0.25) is 9.78 Å². The van der Waals surface area contributed by atoms with Crippen molar-refractivity contribution in [1.29, 1.82) is 0 Å². The minimum Gasteiger partial charge on any atom is -0.368 e. The van der Waals surface area contributed by atoms with Gasteiger partial charge < -0.3 is 11.1 Å². The summed E-state index contributed by atoms with van der Waals surface area (Å²) in [5.41, 5.74) is 6.19. The van der Waals surface area contributed by atoms with Crippen LogP contribution in [0.2, 0.25) is 0 Å². The molecule has 4 nitrogen and oxygen atoms in total. The maximum Gasteiger partial charge on any atom is 0.239 e. The van der Waals surface area contributed by atoms with E-state index in [2.05, 4.69) is 26.2 Å². The SMILES string of the molecule is NC(=O)C(NCC1CC1)c1cncc(Br)c1. The molecule has 1 amide bonds. The number of hydrogen-bond acceptors (Lipinski definition) is 3. The molecule has 1 aromatic rings. The molecule has 1 heterocycles. The number of amides is 1. The molecule has 0 radical (unpaired) electrons. The highest BCUT2D eigenvalue weighted by molar-refractivity contribution is 9.10. The predicted octanol–water partition coefficient (Wildman–Crippen LogP) is 1.37. The van der Waals surface area contributed by atoms with Crippen molar-refractivity contribution in [3.8, 4) is 0 Å². The molecule has 1 unspecified atom stereocenters. The third kappa shape index (κ3) is 3.02. The van der Waals surface area contributed by atoms with Gasteiger partial charge >= 0.3 is 0 Å². The zero-order chi connectivity index (χ0) is 11.5. The Morgan fingerprint density at radius 2 is 2.38 bits per heavy atom. The number of pyridine rings is 1. The van der Waals surface area contributed by atoms with E-state index >= 15 is 0 Å². The van der Waals surface area contributed by atoms with Crippen LogP contribution < -0.4 is 11.1 Å². The lowest BCUT2D eigenvalue weighted by Gasteiger charge is -2.15. The standard InChI is InChI=1S/C11H14BrN3O/c12-9-3-8(5-14-6-9)10(11(13)16)15-4-7-1-2-7/h3,5-7,10,15H,1-2,4H2,(H2,13,16). The summed E-state index contributed by atoms with van der Waals surface area (Å²) >= 11 is 3.33. The molecule has 1 fully saturated rings. The Labute approximate surface area is 103 Å². The Kier molecular flexibility index (Phi) is 3.56. The number of carbonyl (C=O) groups is 1. The molecule has 1 aliphatic carbocycles. The number of halogens is 1. The van der Waals surface area contributed by atoms with E-state index < -0.39 is 6.04 Å². The van der Waals surface area contributed by atoms with E-state index in [0.29, 0.717) is 5.92 Å². The van der Waals surface area contributed by atoms with Crippen LogP contribution in [0.1, 0.15) is 24.4 Å². The Hall–Kier alpha value is -0.940. The van der Waals surface area contributed by atoms with E-state index in [1.807, 2.05) is 6.07 Å². The molecule has 86 valence electrons. The van der Waals surface area contributed by atoms with Gasteiger partial charge in [-0.1, -0.05) is 0 Å². The molecule has 3 N–H and O–H groups in total. The number of hydrogen-bond donors (Lipinski definition) is 2. The minimum atomic E-state index is -0.439. The molecule has 1 saturated carbocycles. The van der Waals surface area contributed by atoms with Crippen molar-refractivity contribution >= 4 is 21.8 Å². The van der Waals surface area contributed by atoms with Gasteiger partial charge in [0, 0.05) is 16.9 Å². The third-order valence-electron chi connectivity index (χ3n) is 2.65. The number of nitrogens with zero attached hydrogens (tertiary/aromatic N) is 1. The Morgan fingerprint density at radius 1 is 1.62 bits per heavy atom. The monoisotopic (exact) mass is 283 g/mol. The van der Waals surface area contributed by atoms with E-state index in [0.717, 1.165) is 16.6 Å². The second kappa shape index (κ2) is 4.93. The van der Waals surface area contributed by atoms with Gasteiger partial charge in [0.15, 0.2) is 0 Å². The fraction of sp³-hybridized carbons (Fsp3) is 0.455. The fourth-order valence-corrected chi connectivity index (χ4v) is 1.96. The summed E-state index contributed by atoms with van der Waals surface area (Å²) < 4.78 is 0.851. The van der Waals surface area contributed by atoms with Crippen LogP contribution >= 0.6 is 15.9 Å². The fourth-order valence-electron chi connectivity index (χ4n) is 1.58. The molecule has 1 aromatic heterocycles. The van der Waals surface area contributed by atoms with Crippen LogP contribution in [0.5, 0.6) is 0 Å². The van der Waals surface area contributed by atoms with Crippen LogP contribution in [0.3, 0.4) is 0 Å². The smallest absolute Gasteiger partial charge is 0.239 e. The first-order valence-electron chi connectivity index (χ1n) is 5.30. The summed E-state index contributed by atoms with van der Waals surface area (Å²) in [7, 11) is 0. The van der Waals surface area contributed by atoms with Gasteiger partial charge in [0.2, 0.25) is 5.91 Å². The summed E-state index contributed by atoms with van der Waals surface area (Å²) in [6.45, 7) is 0.847. The van der Waals surface area contributed by atoms with Crippen molar-refractivity contribution in [2.45, 2.75) is 18.9 Å². The van der Waals surface area contributed by atoms with Crippen LogP contribution in [0.25, 0.3) is 0 Å². The molecule has 16 heavy (non-hydrogen) atoms. The highest BCUT2D eigenvalue weighted by Gasteiger charge is 2.25. The lowest BCUT2D eigenvalue weighted by molar-refractivity contribution is -0.120. The lowest BCUT2D eigenvalue weighted by atomic mass is 10.1. The highest BCUT2D eigenvalue weighted by atomic mass is 79.9. The van der Waals surface area contributed by atoms with Gasteiger partial charge in [-0.25, -0.2) is 0 Å². The van der Waals surface area contributed by atoms with E-state index in [1.165, 1.54) is 12.8 Å². The van der Waals surface area contributed by atoms with E-state index in [9.17, 15) is 4.79 Å². The Bertz CT molecular complexity index is 393. The normalized spacial score (nSPS) is 17.1. The average Bonchev–Trinajstić information content (AvgIpc) is 3.01. The van der Waals surface area contributed by atoms with Crippen molar-refractivity contribution in [1.82, 2.24) is 10.3 Å². The number of nitrogens with one attached hydrogen (secondary N) is 1. The molecule has 0 saturated heterocycles. The minimum absolute atomic E-state index is 0.361. The predicted molar refractivity (Wildman–Crippen MR) is 64.6 cm³/mol. The molecule has 5 heteroatoms. The molecular weight excluding hydrogens is 270 g/mol. The first-order valence-corrected chi connectivity index (χ1v) is 6.09. The Balaban J connectivity index is 2.07. The molecule has 1 atom stereocenters. The highest BCUT2D eigenvalue weighted by Crippen LogP contribution is 2.28. The zero-order valence-electron chi connectivity index (χ0n) is 8.82. The number of carbonyl (C=O) groups excluding carboxylic acids is 1. The van der Waals surface area contributed by atoms with Gasteiger partial charge in [0.05, 0.1) is 0 Å². The maximum absolute atomic E-state index is 11.4. The second-order valence-electron chi connectivity index (χ2n) is 4.12. The van der Waals surface area contributed by atoms with Gasteiger partial charge in [-0.05, 0) is 52.9 Å². The van der Waals surface area contributed by atoms with Crippen molar-refractivity contribution < 1.29 is 4.79 Å². The van der Waals surface area contributed by atoms with Gasteiger partial charge in [0.25, 0.3) is 0 Å². The van der Waals surface area contributed by atoms with Crippen LogP contribution in [0.4, 0.5) is 0 Å². The number of primary amides is 1. The van der Waals surface area contributed by atoms with Gasteiger partial charge in [-0.15, -0.1) is 0 Å². The molecule has 0 aliphatic heterocycles. The average molecular weight is 284 g/mol. The van der Waals surface area contributed by atoms with E-state index in [4.69, 9.17) is 5.73 Å². The summed E-state index contributed by atoms with van der Waals surface area (Å²) in [6, 6.07) is 1.42. The van der Waals surface area contributed by atoms with Crippen LogP contribution in [0, 0.1) is 5.92 Å². The molecule has 0 spiro atoms. The largest absolute Gasteiger partial charge is 0.368 e. The van der Waals surface area contributed by atoms with Crippen molar-refractivity contribution in [2.24, 2.45) is 11.7 Å². The molecule has 1 aliphatic rings. The number of rotatable bonds is 5. The molecule has 0 aromatic carbocycles. The molecular formula is C11H14BrN3O. The summed E-state index contributed by atoms with van der Waals surface area (Å²) in [6.07, 6.45) is 5.84. The number of aromatic nitrogens is 1. The van der Waals surface area contributed by atoms with Crippen molar-refractivity contribution in [3.63, 3.8) is 0 Å². The molecule has 2 rings (SSSR count). The van der Waals surface area contributed by atoms with Crippen molar-refractivity contribution in [2.75, 3.05) is 6.54 Å². The lowest BCUT2D eigenvalue weighted by Crippen LogP contribution is -2.34. The first-order chi connectivity index (χ1) is 7.66. The Morgan fingerprint density at radius 3 is 2.94 bits per heavy atom. The quantitative estimate of drug-likeness (QED) is 0.858. The number of nitrogens with two attached hydrogens (primary N) is 1. The second-order valence-corrected chi connectivity index (χ2v) is 5.04. The first kappa shape index (κ1) is 11.5. The third-order valence-corrected chi connectivity index (χ3v) is 3.09. The van der Waals surface area contributed by atoms with E-state index in [1.54, 1.807) is 12.4 Å². The van der Waals surface area contributed by atoms with E-state index in [-0.39, 0.29) is 5.91 Å².